The summed E-state index contributed by atoms with van der Waals surface area (Å²) in [6, 6.07) is 18.3. The van der Waals surface area contributed by atoms with E-state index in [-0.39, 0.29) is 23.4 Å². The molecule has 3 rings (SSSR count). The van der Waals surface area contributed by atoms with Crippen LogP contribution in [0.2, 0.25) is 0 Å². The Balaban J connectivity index is 1.63. The number of amides is 3. The summed E-state index contributed by atoms with van der Waals surface area (Å²) in [6.07, 6.45) is 1.15. The van der Waals surface area contributed by atoms with Gasteiger partial charge in [-0.05, 0) is 76.6 Å². The number of nitrogens with zero attached hydrogens (tertiary/aromatic N) is 1. The minimum absolute atomic E-state index is 0.283. The van der Waals surface area contributed by atoms with Crippen LogP contribution in [0.15, 0.2) is 84.0 Å². The van der Waals surface area contributed by atoms with Crippen molar-refractivity contribution in [3.63, 3.8) is 0 Å². The molecule has 2 aromatic carbocycles. The third-order valence-corrected chi connectivity index (χ3v) is 4.37. The second-order valence-electron chi connectivity index (χ2n) is 6.11. The van der Waals surface area contributed by atoms with Crippen molar-refractivity contribution < 1.29 is 14.4 Å². The average Bonchev–Trinajstić information content (AvgIpc) is 2.75. The predicted octanol–water partition coefficient (Wildman–Crippen LogP) is 4.47. The molecule has 1 aromatic heterocycles. The van der Waals surface area contributed by atoms with Crippen molar-refractivity contribution in [2.45, 2.75) is 0 Å². The molecule has 0 aliphatic carbocycles. The highest BCUT2D eigenvalue weighted by Gasteiger charge is 2.10. The van der Waals surface area contributed by atoms with Gasteiger partial charge >= 0.3 is 0 Å². The van der Waals surface area contributed by atoms with E-state index in [9.17, 15) is 14.4 Å². The minimum atomic E-state index is -0.358. The smallest absolute Gasteiger partial charge is 0.274 e. The van der Waals surface area contributed by atoms with Crippen LogP contribution >= 0.6 is 15.9 Å². The highest BCUT2D eigenvalue weighted by Crippen LogP contribution is 2.17. The van der Waals surface area contributed by atoms with Crippen LogP contribution < -0.4 is 16.0 Å². The number of rotatable bonds is 6. The molecule has 1 heterocycles. The zero-order valence-electron chi connectivity index (χ0n) is 15.7. The number of aromatic nitrogens is 1. The third-order valence-electron chi connectivity index (χ3n) is 3.93. The molecule has 150 valence electrons. The second-order valence-corrected chi connectivity index (χ2v) is 6.92. The first kappa shape index (κ1) is 20.9. The van der Waals surface area contributed by atoms with Crippen LogP contribution in [0, 0.1) is 0 Å². The summed E-state index contributed by atoms with van der Waals surface area (Å²) < 4.78 is 0.571. The lowest BCUT2D eigenvalue weighted by atomic mass is 10.1. The van der Waals surface area contributed by atoms with Crippen molar-refractivity contribution in [2.75, 3.05) is 16.0 Å². The number of halogens is 1. The van der Waals surface area contributed by atoms with Crippen molar-refractivity contribution in [1.29, 1.82) is 0 Å². The van der Waals surface area contributed by atoms with Crippen LogP contribution in [0.25, 0.3) is 0 Å². The van der Waals surface area contributed by atoms with E-state index >= 15 is 0 Å². The Morgan fingerprint density at radius 2 is 1.43 bits per heavy atom. The molecule has 0 unspecified atom stereocenters. The van der Waals surface area contributed by atoms with Gasteiger partial charge in [0.2, 0.25) is 5.91 Å². The van der Waals surface area contributed by atoms with Crippen molar-refractivity contribution >= 4 is 50.7 Å². The van der Waals surface area contributed by atoms with Crippen molar-refractivity contribution in [2.24, 2.45) is 0 Å². The number of hydrogen-bond donors (Lipinski definition) is 3. The molecule has 3 N–H and O–H groups in total. The molecule has 0 spiro atoms. The first-order valence-electron chi connectivity index (χ1n) is 8.83. The maximum atomic E-state index is 12.5. The highest BCUT2D eigenvalue weighted by atomic mass is 79.9. The van der Waals surface area contributed by atoms with Gasteiger partial charge in [0.25, 0.3) is 11.8 Å². The zero-order chi connectivity index (χ0) is 21.5. The van der Waals surface area contributed by atoms with Gasteiger partial charge in [0.1, 0.15) is 10.3 Å². The minimum Gasteiger partial charge on any atom is -0.323 e. The molecular formula is C22H17BrN4O3. The van der Waals surface area contributed by atoms with E-state index in [1.807, 2.05) is 0 Å². The number of carbonyl (C=O) groups excluding carboxylic acids is 3. The van der Waals surface area contributed by atoms with Crippen LogP contribution in [0.5, 0.6) is 0 Å². The van der Waals surface area contributed by atoms with Crippen LogP contribution in [-0.4, -0.2) is 22.7 Å². The summed E-state index contributed by atoms with van der Waals surface area (Å²) in [6.45, 7) is 3.39. The van der Waals surface area contributed by atoms with E-state index in [4.69, 9.17) is 0 Å². The average molecular weight is 465 g/mol. The number of carbonyl (C=O) groups is 3. The molecule has 0 saturated heterocycles. The molecule has 0 fully saturated rings. The molecule has 0 saturated carbocycles. The largest absolute Gasteiger partial charge is 0.323 e. The van der Waals surface area contributed by atoms with Gasteiger partial charge in [-0.2, -0.15) is 0 Å². The van der Waals surface area contributed by atoms with Gasteiger partial charge in [0.15, 0.2) is 0 Å². The van der Waals surface area contributed by atoms with Crippen LogP contribution in [0.3, 0.4) is 0 Å². The third kappa shape index (κ3) is 5.62. The summed E-state index contributed by atoms with van der Waals surface area (Å²) in [7, 11) is 0. The Morgan fingerprint density at radius 3 is 2.07 bits per heavy atom. The molecule has 7 nitrogen and oxygen atoms in total. The Bertz CT molecular complexity index is 1110. The number of pyridine rings is 1. The number of benzene rings is 2. The van der Waals surface area contributed by atoms with Crippen LogP contribution in [-0.2, 0) is 4.79 Å². The van der Waals surface area contributed by atoms with Gasteiger partial charge in [-0.15, -0.1) is 0 Å². The number of hydrogen-bond acceptors (Lipinski definition) is 4. The summed E-state index contributed by atoms with van der Waals surface area (Å²) in [5.41, 5.74) is 2.28. The summed E-state index contributed by atoms with van der Waals surface area (Å²) in [5, 5.41) is 8.12. The number of anilines is 3. The molecular weight excluding hydrogens is 448 g/mol. The van der Waals surface area contributed by atoms with E-state index in [0.717, 1.165) is 6.08 Å². The van der Waals surface area contributed by atoms with E-state index < -0.39 is 0 Å². The SMILES string of the molecule is C=CC(=O)Nc1cccc(C(=O)Nc2ccc(NC(=O)c3cccc(Br)n3)cc2)c1. The monoisotopic (exact) mass is 464 g/mol. The molecule has 0 bridgehead atoms. The van der Waals surface area contributed by atoms with Gasteiger partial charge in [-0.25, -0.2) is 4.98 Å². The first-order chi connectivity index (χ1) is 14.4. The van der Waals surface area contributed by atoms with Crippen molar-refractivity contribution in [3.05, 3.63) is 95.2 Å². The normalized spacial score (nSPS) is 10.0. The quantitative estimate of drug-likeness (QED) is 0.369. The lowest BCUT2D eigenvalue weighted by Gasteiger charge is -2.09. The van der Waals surface area contributed by atoms with Gasteiger partial charge in [0.05, 0.1) is 0 Å². The first-order valence-corrected chi connectivity index (χ1v) is 9.63. The Labute approximate surface area is 181 Å². The zero-order valence-corrected chi connectivity index (χ0v) is 17.3. The van der Waals surface area contributed by atoms with Gasteiger partial charge in [-0.1, -0.05) is 18.7 Å². The standard InChI is InChI=1S/C22H17BrN4O3/c1-2-20(28)24-17-6-3-5-14(13-17)21(29)25-15-9-11-16(12-10-15)26-22(30)18-7-4-8-19(23)27-18/h2-13H,1H2,(H,24,28)(H,25,29)(H,26,30). The van der Waals surface area contributed by atoms with Gasteiger partial charge < -0.3 is 16.0 Å². The lowest BCUT2D eigenvalue weighted by Crippen LogP contribution is -2.14. The summed E-state index contributed by atoms with van der Waals surface area (Å²) in [4.78, 5) is 40.2. The summed E-state index contributed by atoms with van der Waals surface area (Å²) >= 11 is 3.23. The Kier molecular flexibility index (Phi) is 6.71. The topological polar surface area (TPSA) is 100 Å². The van der Waals surface area contributed by atoms with E-state index in [2.05, 4.69) is 43.4 Å². The fourth-order valence-corrected chi connectivity index (χ4v) is 2.85. The van der Waals surface area contributed by atoms with Crippen LogP contribution in [0.4, 0.5) is 17.1 Å². The molecule has 0 atom stereocenters. The van der Waals surface area contributed by atoms with Crippen molar-refractivity contribution in [3.8, 4) is 0 Å². The van der Waals surface area contributed by atoms with E-state index in [1.54, 1.807) is 66.7 Å². The summed E-state index contributed by atoms with van der Waals surface area (Å²) in [5.74, 6) is -1.03. The van der Waals surface area contributed by atoms with Crippen molar-refractivity contribution in [1.82, 2.24) is 4.98 Å². The van der Waals surface area contributed by atoms with Gasteiger partial charge in [-0.3, -0.25) is 14.4 Å². The fourth-order valence-electron chi connectivity index (χ4n) is 2.50. The highest BCUT2D eigenvalue weighted by molar-refractivity contribution is 9.10. The van der Waals surface area contributed by atoms with Gasteiger partial charge in [0, 0.05) is 22.6 Å². The van der Waals surface area contributed by atoms with E-state index in [0.29, 0.717) is 27.2 Å². The Morgan fingerprint density at radius 1 is 0.800 bits per heavy atom. The number of nitrogens with one attached hydrogen (secondary N) is 3. The maximum Gasteiger partial charge on any atom is 0.274 e. The maximum absolute atomic E-state index is 12.5. The molecule has 0 radical (unpaired) electrons. The molecule has 0 aliphatic rings. The fraction of sp³-hybridized carbons (Fsp3) is 0. The molecule has 8 heteroatoms. The Hall–Kier alpha value is -3.78. The lowest BCUT2D eigenvalue weighted by molar-refractivity contribution is -0.111. The molecule has 30 heavy (non-hydrogen) atoms. The van der Waals surface area contributed by atoms with E-state index in [1.165, 1.54) is 0 Å². The molecule has 0 aliphatic heterocycles. The molecule has 3 aromatic rings. The second kappa shape index (κ2) is 9.62. The molecule has 3 amide bonds. The predicted molar refractivity (Wildman–Crippen MR) is 120 cm³/mol. The van der Waals surface area contributed by atoms with Crippen LogP contribution in [0.1, 0.15) is 20.8 Å².